The molecule has 1 aromatic carbocycles. The highest BCUT2D eigenvalue weighted by molar-refractivity contribution is 5.98. The van der Waals surface area contributed by atoms with Crippen LogP contribution >= 0.6 is 0 Å². The lowest BCUT2D eigenvalue weighted by Crippen LogP contribution is -2.42. The van der Waals surface area contributed by atoms with Gasteiger partial charge in [-0.15, -0.1) is 0 Å². The third-order valence-corrected chi connectivity index (χ3v) is 6.24. The van der Waals surface area contributed by atoms with Crippen molar-refractivity contribution in [3.63, 3.8) is 0 Å². The Morgan fingerprint density at radius 1 is 1.23 bits per heavy atom. The average Bonchev–Trinajstić information content (AvgIpc) is 3.41. The molecule has 0 aliphatic carbocycles. The zero-order chi connectivity index (χ0) is 22.0. The van der Waals surface area contributed by atoms with E-state index in [1.54, 1.807) is 7.11 Å². The minimum Gasteiger partial charge on any atom is -0.497 e. The molecule has 3 heterocycles. The van der Waals surface area contributed by atoms with Gasteiger partial charge in [-0.1, -0.05) is 6.92 Å². The molecule has 164 valence electrons. The number of aromatic amines is 1. The van der Waals surface area contributed by atoms with Crippen molar-refractivity contribution in [1.29, 1.82) is 0 Å². The maximum atomic E-state index is 13.0. The van der Waals surface area contributed by atoms with Gasteiger partial charge in [0.1, 0.15) is 23.0 Å². The van der Waals surface area contributed by atoms with Gasteiger partial charge in [0.2, 0.25) is 5.91 Å². The lowest BCUT2D eigenvalue weighted by atomic mass is 9.84. The lowest BCUT2D eigenvalue weighted by Gasteiger charge is -2.34. The van der Waals surface area contributed by atoms with Gasteiger partial charge in [0.05, 0.1) is 13.7 Å². The van der Waals surface area contributed by atoms with E-state index < -0.39 is 0 Å². The molecular formula is C24H29N3O4. The monoisotopic (exact) mass is 423 g/mol. The molecule has 1 aliphatic heterocycles. The highest BCUT2D eigenvalue weighted by atomic mass is 16.5. The van der Waals surface area contributed by atoms with Gasteiger partial charge in [-0.2, -0.15) is 0 Å². The van der Waals surface area contributed by atoms with E-state index in [1.807, 2.05) is 55.1 Å². The van der Waals surface area contributed by atoms with E-state index in [0.29, 0.717) is 25.3 Å². The Hall–Kier alpha value is -3.22. The fraction of sp³-hybridized carbons (Fsp3) is 0.417. The van der Waals surface area contributed by atoms with E-state index in [1.165, 1.54) is 0 Å². The van der Waals surface area contributed by atoms with Crippen LogP contribution in [-0.4, -0.2) is 41.9 Å². The molecule has 1 fully saturated rings. The number of nitrogens with one attached hydrogen (secondary N) is 2. The Kier molecular flexibility index (Phi) is 6.02. The Morgan fingerprint density at radius 3 is 2.68 bits per heavy atom. The molecule has 1 atom stereocenters. The number of aryl methyl sites for hydroxylation is 1. The van der Waals surface area contributed by atoms with Crippen LogP contribution < -0.4 is 10.1 Å². The first-order valence-electron chi connectivity index (χ1n) is 10.7. The first-order chi connectivity index (χ1) is 14.9. The van der Waals surface area contributed by atoms with Crippen LogP contribution in [0, 0.1) is 18.8 Å². The van der Waals surface area contributed by atoms with Crippen molar-refractivity contribution in [3.05, 3.63) is 53.6 Å². The maximum Gasteiger partial charge on any atom is 0.270 e. The fourth-order valence-electron chi connectivity index (χ4n) is 4.25. The number of furan rings is 1. The zero-order valence-corrected chi connectivity index (χ0v) is 18.2. The van der Waals surface area contributed by atoms with Crippen molar-refractivity contribution in [2.24, 2.45) is 11.8 Å². The minimum atomic E-state index is -0.103. The number of fused-ring (bicyclic) bond motifs is 1. The molecule has 1 aliphatic rings. The van der Waals surface area contributed by atoms with Gasteiger partial charge < -0.3 is 24.4 Å². The molecule has 7 nitrogen and oxygen atoms in total. The number of benzene rings is 1. The Balaban J connectivity index is 1.31. The summed E-state index contributed by atoms with van der Waals surface area (Å²) in [6, 6.07) is 11.4. The number of nitrogens with zero attached hydrogens (tertiary/aromatic N) is 1. The number of methoxy groups -OCH3 is 1. The highest BCUT2D eigenvalue weighted by Crippen LogP contribution is 2.27. The third kappa shape index (κ3) is 4.60. The molecule has 7 heteroatoms. The molecule has 0 radical (unpaired) electrons. The summed E-state index contributed by atoms with van der Waals surface area (Å²) in [5, 5.41) is 3.95. The largest absolute Gasteiger partial charge is 0.497 e. The van der Waals surface area contributed by atoms with Crippen LogP contribution in [-0.2, 0) is 11.3 Å². The van der Waals surface area contributed by atoms with Crippen molar-refractivity contribution < 1.29 is 18.7 Å². The molecular weight excluding hydrogens is 394 g/mol. The third-order valence-electron chi connectivity index (χ3n) is 6.24. The standard InChI is InChI=1S/C24H29N3O4/c1-15-4-6-20(31-15)14-25-23(28)16(2)17-8-10-27(11-9-17)24(29)22-12-18-5-7-19(30-3)13-21(18)26-22/h4-7,12-13,16-17,26H,8-11,14H2,1-3H3,(H,25,28)/t16-/m0/s1. The average molecular weight is 424 g/mol. The summed E-state index contributed by atoms with van der Waals surface area (Å²) >= 11 is 0. The number of piperidine rings is 1. The molecule has 2 N–H and O–H groups in total. The number of H-pyrrole nitrogens is 1. The van der Waals surface area contributed by atoms with Crippen LogP contribution in [0.3, 0.4) is 0 Å². The Labute approximate surface area is 181 Å². The number of likely N-dealkylation sites (tertiary alicyclic amines) is 1. The molecule has 1 saturated heterocycles. The van der Waals surface area contributed by atoms with E-state index in [2.05, 4.69) is 10.3 Å². The van der Waals surface area contributed by atoms with Crippen LogP contribution in [0.15, 0.2) is 40.8 Å². The number of hydrogen-bond donors (Lipinski definition) is 2. The van der Waals surface area contributed by atoms with Crippen molar-refractivity contribution in [1.82, 2.24) is 15.2 Å². The normalized spacial score (nSPS) is 15.8. The number of carbonyl (C=O) groups excluding carboxylic acids is 2. The van der Waals surface area contributed by atoms with Crippen LogP contribution in [0.25, 0.3) is 10.9 Å². The van der Waals surface area contributed by atoms with Crippen LogP contribution in [0.4, 0.5) is 0 Å². The van der Waals surface area contributed by atoms with Crippen LogP contribution in [0.5, 0.6) is 5.75 Å². The Morgan fingerprint density at radius 2 is 2.00 bits per heavy atom. The van der Waals surface area contributed by atoms with Crippen molar-refractivity contribution in [2.75, 3.05) is 20.2 Å². The van der Waals surface area contributed by atoms with Gasteiger partial charge in [0.25, 0.3) is 5.91 Å². The molecule has 0 bridgehead atoms. The van der Waals surface area contributed by atoms with Gasteiger partial charge in [-0.3, -0.25) is 9.59 Å². The van der Waals surface area contributed by atoms with Crippen molar-refractivity contribution in [3.8, 4) is 5.75 Å². The lowest BCUT2D eigenvalue weighted by molar-refractivity contribution is -0.126. The number of ether oxygens (including phenoxy) is 1. The molecule has 4 rings (SSSR count). The molecule has 0 unspecified atom stereocenters. The minimum absolute atomic E-state index is 0.00101. The SMILES string of the molecule is COc1ccc2cc(C(=O)N3CCC([C@H](C)C(=O)NCc4ccc(C)o4)CC3)[nH]c2c1. The summed E-state index contributed by atoms with van der Waals surface area (Å²) in [6.07, 6.45) is 1.63. The van der Waals surface area contributed by atoms with E-state index >= 15 is 0 Å². The quantitative estimate of drug-likeness (QED) is 0.630. The first kappa shape index (κ1) is 21.0. The first-order valence-corrected chi connectivity index (χ1v) is 10.7. The summed E-state index contributed by atoms with van der Waals surface area (Å²) in [7, 11) is 1.62. The second-order valence-electron chi connectivity index (χ2n) is 8.28. The van der Waals surface area contributed by atoms with Crippen LogP contribution in [0.2, 0.25) is 0 Å². The van der Waals surface area contributed by atoms with Gasteiger partial charge in [0, 0.05) is 36.0 Å². The number of carbonyl (C=O) groups is 2. The number of aromatic nitrogens is 1. The Bertz CT molecular complexity index is 1080. The van der Waals surface area contributed by atoms with Crippen molar-refractivity contribution >= 4 is 22.7 Å². The second kappa shape index (κ2) is 8.88. The summed E-state index contributed by atoms with van der Waals surface area (Å²) in [6.45, 7) is 5.56. The summed E-state index contributed by atoms with van der Waals surface area (Å²) < 4.78 is 10.8. The number of amides is 2. The molecule has 2 aromatic heterocycles. The number of hydrogen-bond acceptors (Lipinski definition) is 4. The number of rotatable bonds is 6. The molecule has 0 saturated carbocycles. The highest BCUT2D eigenvalue weighted by Gasteiger charge is 2.30. The van der Waals surface area contributed by atoms with Gasteiger partial charge in [-0.25, -0.2) is 0 Å². The maximum absolute atomic E-state index is 13.0. The van der Waals surface area contributed by atoms with Crippen molar-refractivity contribution in [2.45, 2.75) is 33.2 Å². The summed E-state index contributed by atoms with van der Waals surface area (Å²) in [5.41, 5.74) is 1.47. The summed E-state index contributed by atoms with van der Waals surface area (Å²) in [5.74, 6) is 2.53. The molecule has 31 heavy (non-hydrogen) atoms. The van der Waals surface area contributed by atoms with Gasteiger partial charge in [-0.05, 0) is 56.0 Å². The van der Waals surface area contributed by atoms with Gasteiger partial charge >= 0.3 is 0 Å². The zero-order valence-electron chi connectivity index (χ0n) is 18.2. The van der Waals surface area contributed by atoms with Gasteiger partial charge in [0.15, 0.2) is 0 Å². The smallest absolute Gasteiger partial charge is 0.270 e. The predicted octanol–water partition coefficient (Wildman–Crippen LogP) is 3.88. The second-order valence-corrected chi connectivity index (χ2v) is 8.28. The molecule has 0 spiro atoms. The fourth-order valence-corrected chi connectivity index (χ4v) is 4.25. The summed E-state index contributed by atoms with van der Waals surface area (Å²) in [4.78, 5) is 30.6. The van der Waals surface area contributed by atoms with Crippen LogP contribution in [0.1, 0.15) is 41.8 Å². The van der Waals surface area contributed by atoms with E-state index in [9.17, 15) is 9.59 Å². The molecule has 3 aromatic rings. The van der Waals surface area contributed by atoms with E-state index in [4.69, 9.17) is 9.15 Å². The van der Waals surface area contributed by atoms with E-state index in [-0.39, 0.29) is 23.7 Å². The topological polar surface area (TPSA) is 87.6 Å². The van der Waals surface area contributed by atoms with E-state index in [0.717, 1.165) is 41.0 Å². The molecule has 2 amide bonds. The predicted molar refractivity (Wildman–Crippen MR) is 118 cm³/mol.